The summed E-state index contributed by atoms with van der Waals surface area (Å²) in [6.45, 7) is 3.90. The molecule has 0 saturated carbocycles. The molecule has 2 aromatic rings. The van der Waals surface area contributed by atoms with Crippen LogP contribution in [0, 0.1) is 5.92 Å². The van der Waals surface area contributed by atoms with Crippen LogP contribution in [0.4, 0.5) is 5.69 Å². The summed E-state index contributed by atoms with van der Waals surface area (Å²) >= 11 is 5.90. The fraction of sp³-hybridized carbons (Fsp3) is 0.381. The van der Waals surface area contributed by atoms with E-state index in [0.29, 0.717) is 17.0 Å². The average molecular weight is 423 g/mol. The number of benzene rings is 2. The van der Waals surface area contributed by atoms with Crippen molar-refractivity contribution in [2.45, 2.75) is 30.4 Å². The second-order valence-electron chi connectivity index (χ2n) is 7.38. The first-order chi connectivity index (χ1) is 13.1. The number of carbonyl (C=O) groups is 1. The van der Waals surface area contributed by atoms with Gasteiger partial charge in [0.2, 0.25) is 5.91 Å². The maximum atomic E-state index is 13.3. The van der Waals surface area contributed by atoms with Gasteiger partial charge < -0.3 is 10.2 Å². The Hall–Kier alpha value is -2.05. The maximum Gasteiger partial charge on any atom is 0.220 e. The number of nitrogens with one attached hydrogen (secondary N) is 1. The van der Waals surface area contributed by atoms with Crippen LogP contribution in [0.5, 0.6) is 0 Å². The third-order valence-electron chi connectivity index (χ3n) is 4.38. The number of hydrogen-bond donors (Lipinski definition) is 1. The molecule has 0 bridgehead atoms. The molecule has 28 heavy (non-hydrogen) atoms. The van der Waals surface area contributed by atoms with Crippen molar-refractivity contribution in [2.75, 3.05) is 25.5 Å². The molecule has 5 nitrogen and oxygen atoms in total. The van der Waals surface area contributed by atoms with E-state index in [1.54, 1.807) is 24.3 Å². The van der Waals surface area contributed by atoms with Crippen LogP contribution in [0.1, 0.15) is 31.1 Å². The molecule has 0 heterocycles. The molecule has 2 rings (SSSR count). The van der Waals surface area contributed by atoms with Crippen LogP contribution in [0.25, 0.3) is 0 Å². The molecule has 152 valence electrons. The van der Waals surface area contributed by atoms with E-state index < -0.39 is 15.1 Å². The summed E-state index contributed by atoms with van der Waals surface area (Å²) in [6.07, 6.45) is 0.354. The molecule has 1 N–H and O–H groups in total. The van der Waals surface area contributed by atoms with Crippen LogP contribution < -0.4 is 10.2 Å². The van der Waals surface area contributed by atoms with Gasteiger partial charge in [0.1, 0.15) is 5.25 Å². The molecule has 1 amide bonds. The van der Waals surface area contributed by atoms with Crippen molar-refractivity contribution >= 4 is 33.0 Å². The monoisotopic (exact) mass is 422 g/mol. The topological polar surface area (TPSA) is 66.5 Å². The first-order valence-corrected chi connectivity index (χ1v) is 11.1. The molecular formula is C21H27ClN2O3S. The van der Waals surface area contributed by atoms with E-state index >= 15 is 0 Å². The van der Waals surface area contributed by atoms with Gasteiger partial charge in [-0.2, -0.15) is 0 Å². The second kappa shape index (κ2) is 9.43. The largest absolute Gasteiger partial charge is 0.378 e. The molecule has 0 spiro atoms. The smallest absolute Gasteiger partial charge is 0.220 e. The lowest BCUT2D eigenvalue weighted by Gasteiger charge is -2.21. The summed E-state index contributed by atoms with van der Waals surface area (Å²) in [5.74, 6) is 0.0434. The quantitative estimate of drug-likeness (QED) is 0.695. The van der Waals surface area contributed by atoms with Gasteiger partial charge in [0.05, 0.1) is 4.90 Å². The third kappa shape index (κ3) is 5.72. The van der Waals surface area contributed by atoms with Crippen LogP contribution in [0.2, 0.25) is 5.02 Å². The minimum Gasteiger partial charge on any atom is -0.378 e. The summed E-state index contributed by atoms with van der Waals surface area (Å²) in [5, 5.41) is 2.36. The fourth-order valence-electron chi connectivity index (χ4n) is 2.83. The van der Waals surface area contributed by atoms with Crippen LogP contribution in [0.15, 0.2) is 53.4 Å². The highest BCUT2D eigenvalue weighted by Gasteiger charge is 2.29. The Labute approximate surface area is 172 Å². The minimum atomic E-state index is -3.72. The summed E-state index contributed by atoms with van der Waals surface area (Å²) in [7, 11) is 0.124. The van der Waals surface area contributed by atoms with Crippen molar-refractivity contribution < 1.29 is 13.2 Å². The lowest BCUT2D eigenvalue weighted by atomic mass is 10.1. The van der Waals surface area contributed by atoms with E-state index in [4.69, 9.17) is 11.6 Å². The minimum absolute atomic E-state index is 0.0117. The van der Waals surface area contributed by atoms with Crippen molar-refractivity contribution in [1.82, 2.24) is 5.32 Å². The van der Waals surface area contributed by atoms with Crippen molar-refractivity contribution in [2.24, 2.45) is 5.92 Å². The molecule has 0 fully saturated rings. The van der Waals surface area contributed by atoms with Crippen molar-refractivity contribution in [1.29, 1.82) is 0 Å². The highest BCUT2D eigenvalue weighted by Crippen LogP contribution is 2.30. The molecule has 0 unspecified atom stereocenters. The molecule has 0 saturated heterocycles. The van der Waals surface area contributed by atoms with Crippen LogP contribution in [0.3, 0.4) is 0 Å². The van der Waals surface area contributed by atoms with E-state index in [-0.39, 0.29) is 23.3 Å². The molecule has 2 aromatic carbocycles. The Morgan fingerprint density at radius 3 is 2.11 bits per heavy atom. The van der Waals surface area contributed by atoms with Crippen LogP contribution in [-0.4, -0.2) is 35.0 Å². The summed E-state index contributed by atoms with van der Waals surface area (Å²) in [5.41, 5.74) is 1.60. The number of amides is 1. The molecule has 0 aliphatic heterocycles. The number of rotatable bonds is 8. The normalized spacial score (nSPS) is 12.6. The number of hydrogen-bond acceptors (Lipinski definition) is 4. The van der Waals surface area contributed by atoms with Gasteiger partial charge in [0, 0.05) is 37.8 Å². The number of carbonyl (C=O) groups excluding carboxylic acids is 1. The van der Waals surface area contributed by atoms with Crippen molar-refractivity contribution in [3.8, 4) is 0 Å². The van der Waals surface area contributed by atoms with Gasteiger partial charge in [0.25, 0.3) is 0 Å². The molecule has 0 aliphatic rings. The van der Waals surface area contributed by atoms with Crippen molar-refractivity contribution in [3.63, 3.8) is 0 Å². The van der Waals surface area contributed by atoms with Gasteiger partial charge in [-0.15, -0.1) is 0 Å². The molecule has 7 heteroatoms. The fourth-order valence-corrected chi connectivity index (χ4v) is 4.62. The first kappa shape index (κ1) is 22.2. The standard InChI is InChI=1S/C21H27ClN2O3S/c1-15(2)13-21(25)23-14-20(16-5-9-18(10-6-16)24(3)4)28(26,27)19-11-7-17(22)8-12-19/h5-12,15,20H,13-14H2,1-4H3,(H,23,25)/t20-/m1/s1. The highest BCUT2D eigenvalue weighted by atomic mass is 35.5. The Kier molecular flexibility index (Phi) is 7.49. The Bertz CT molecular complexity index is 892. The van der Waals surface area contributed by atoms with Gasteiger partial charge in [-0.05, 0) is 47.9 Å². The second-order valence-corrected chi connectivity index (χ2v) is 9.94. The summed E-state index contributed by atoms with van der Waals surface area (Å²) in [6, 6.07) is 13.4. The van der Waals surface area contributed by atoms with Crippen LogP contribution in [-0.2, 0) is 14.6 Å². The highest BCUT2D eigenvalue weighted by molar-refractivity contribution is 7.91. The van der Waals surface area contributed by atoms with E-state index in [9.17, 15) is 13.2 Å². The summed E-state index contributed by atoms with van der Waals surface area (Å²) in [4.78, 5) is 14.2. The molecule has 0 radical (unpaired) electrons. The predicted molar refractivity (Wildman–Crippen MR) is 115 cm³/mol. The summed E-state index contributed by atoms with van der Waals surface area (Å²) < 4.78 is 26.6. The third-order valence-corrected chi connectivity index (χ3v) is 6.75. The van der Waals surface area contributed by atoms with Crippen LogP contribution >= 0.6 is 11.6 Å². The van der Waals surface area contributed by atoms with Crippen molar-refractivity contribution in [3.05, 3.63) is 59.1 Å². The number of halogens is 1. The lowest BCUT2D eigenvalue weighted by Crippen LogP contribution is -2.32. The molecule has 0 aromatic heterocycles. The Morgan fingerprint density at radius 2 is 1.61 bits per heavy atom. The Balaban J connectivity index is 2.37. The predicted octanol–water partition coefficient (Wildman–Crippen LogP) is 4.08. The zero-order valence-electron chi connectivity index (χ0n) is 16.6. The average Bonchev–Trinajstić information content (AvgIpc) is 2.62. The van der Waals surface area contributed by atoms with Gasteiger partial charge in [-0.3, -0.25) is 4.79 Å². The molecule has 1 atom stereocenters. The first-order valence-electron chi connectivity index (χ1n) is 9.14. The number of sulfone groups is 1. The zero-order valence-corrected chi connectivity index (χ0v) is 18.2. The molecular weight excluding hydrogens is 396 g/mol. The SMILES string of the molecule is CC(C)CC(=O)NC[C@H](c1ccc(N(C)C)cc1)S(=O)(=O)c1ccc(Cl)cc1. The Morgan fingerprint density at radius 1 is 1.04 bits per heavy atom. The van der Waals surface area contributed by atoms with E-state index in [1.165, 1.54) is 12.1 Å². The van der Waals surface area contributed by atoms with Gasteiger partial charge in [0.15, 0.2) is 9.84 Å². The van der Waals surface area contributed by atoms with Gasteiger partial charge in [-0.1, -0.05) is 37.6 Å². The maximum absolute atomic E-state index is 13.3. The van der Waals surface area contributed by atoms with E-state index in [1.807, 2.05) is 45.0 Å². The van der Waals surface area contributed by atoms with E-state index in [0.717, 1.165) is 5.69 Å². The zero-order chi connectivity index (χ0) is 20.9. The van der Waals surface area contributed by atoms with Gasteiger partial charge >= 0.3 is 0 Å². The number of nitrogens with zero attached hydrogens (tertiary/aromatic N) is 1. The van der Waals surface area contributed by atoms with Gasteiger partial charge in [-0.25, -0.2) is 8.42 Å². The molecule has 0 aliphatic carbocycles. The lowest BCUT2D eigenvalue weighted by molar-refractivity contribution is -0.121. The number of anilines is 1. The van der Waals surface area contributed by atoms with E-state index in [2.05, 4.69) is 5.32 Å².